The lowest BCUT2D eigenvalue weighted by atomic mass is 9.88. The summed E-state index contributed by atoms with van der Waals surface area (Å²) in [5, 5.41) is 4.29. The summed E-state index contributed by atoms with van der Waals surface area (Å²) in [5.74, 6) is 0.0718. The molecular formula is C21H28N4O2. The van der Waals surface area contributed by atoms with E-state index >= 15 is 0 Å². The zero-order valence-electron chi connectivity index (χ0n) is 16.4. The molecule has 144 valence electrons. The Morgan fingerprint density at radius 2 is 2.07 bits per heavy atom. The van der Waals surface area contributed by atoms with Crippen molar-refractivity contribution in [2.75, 3.05) is 26.7 Å². The Balaban J connectivity index is 1.33. The van der Waals surface area contributed by atoms with Crippen molar-refractivity contribution in [3.63, 3.8) is 0 Å². The van der Waals surface area contributed by atoms with Gasteiger partial charge in [0.2, 0.25) is 0 Å². The van der Waals surface area contributed by atoms with Gasteiger partial charge >= 0.3 is 0 Å². The summed E-state index contributed by atoms with van der Waals surface area (Å²) in [4.78, 5) is 17.0. The summed E-state index contributed by atoms with van der Waals surface area (Å²) in [5.41, 5.74) is 2.80. The summed E-state index contributed by atoms with van der Waals surface area (Å²) < 4.78 is 8.03. The molecular weight excluding hydrogens is 340 g/mol. The molecule has 1 spiro atoms. The Kier molecular flexibility index (Phi) is 4.78. The second-order valence-electron chi connectivity index (χ2n) is 7.87. The molecule has 3 heterocycles. The number of likely N-dealkylation sites (tertiary alicyclic amines) is 1. The van der Waals surface area contributed by atoms with Crippen LogP contribution in [0.2, 0.25) is 0 Å². The second-order valence-corrected chi connectivity index (χ2v) is 7.87. The molecule has 27 heavy (non-hydrogen) atoms. The predicted octanol–water partition coefficient (Wildman–Crippen LogP) is 2.33. The zero-order valence-corrected chi connectivity index (χ0v) is 16.4. The fourth-order valence-corrected chi connectivity index (χ4v) is 4.26. The van der Waals surface area contributed by atoms with Crippen LogP contribution in [0.25, 0.3) is 0 Å². The number of rotatable bonds is 5. The fraction of sp³-hybridized carbons (Fsp3) is 0.524. The molecule has 1 unspecified atom stereocenters. The van der Waals surface area contributed by atoms with E-state index < -0.39 is 0 Å². The summed E-state index contributed by atoms with van der Waals surface area (Å²) in [6, 6.07) is 10.9. The van der Waals surface area contributed by atoms with Crippen LogP contribution in [0.1, 0.15) is 35.0 Å². The van der Waals surface area contributed by atoms with Crippen molar-refractivity contribution in [1.82, 2.24) is 19.6 Å². The molecule has 0 radical (unpaired) electrons. The normalized spacial score (nSPS) is 21.0. The maximum absolute atomic E-state index is 12.8. The van der Waals surface area contributed by atoms with Crippen LogP contribution in [0, 0.1) is 6.92 Å². The van der Waals surface area contributed by atoms with Gasteiger partial charge in [-0.1, -0.05) is 30.3 Å². The van der Waals surface area contributed by atoms with Gasteiger partial charge in [0.05, 0.1) is 31.5 Å². The monoisotopic (exact) mass is 368 g/mol. The number of ether oxygens (including phenoxy) is 1. The van der Waals surface area contributed by atoms with Crippen molar-refractivity contribution >= 4 is 5.91 Å². The van der Waals surface area contributed by atoms with E-state index in [0.717, 1.165) is 31.8 Å². The van der Waals surface area contributed by atoms with Crippen molar-refractivity contribution in [1.29, 1.82) is 0 Å². The number of hydrogen-bond acceptors (Lipinski definition) is 4. The molecule has 1 atom stereocenters. The summed E-state index contributed by atoms with van der Waals surface area (Å²) >= 11 is 0. The molecule has 0 N–H and O–H groups in total. The zero-order chi connectivity index (χ0) is 19.0. The molecule has 2 aliphatic rings. The number of carbonyl (C=O) groups is 1. The van der Waals surface area contributed by atoms with E-state index in [1.165, 1.54) is 5.56 Å². The van der Waals surface area contributed by atoms with Crippen molar-refractivity contribution in [2.24, 2.45) is 0 Å². The highest BCUT2D eigenvalue weighted by molar-refractivity contribution is 5.95. The minimum Gasteiger partial charge on any atom is -0.370 e. The van der Waals surface area contributed by atoms with Gasteiger partial charge in [0.1, 0.15) is 5.60 Å². The van der Waals surface area contributed by atoms with E-state index in [1.54, 1.807) is 6.20 Å². The highest BCUT2D eigenvalue weighted by Gasteiger charge is 2.52. The third kappa shape index (κ3) is 3.39. The van der Waals surface area contributed by atoms with Gasteiger partial charge in [-0.25, -0.2) is 0 Å². The Hall–Kier alpha value is -2.18. The molecule has 2 aliphatic heterocycles. The van der Waals surface area contributed by atoms with Crippen molar-refractivity contribution in [2.45, 2.75) is 45.0 Å². The van der Waals surface area contributed by atoms with E-state index in [2.05, 4.69) is 41.3 Å². The first kappa shape index (κ1) is 18.2. The average molecular weight is 368 g/mol. The molecule has 0 aliphatic carbocycles. The predicted molar refractivity (Wildman–Crippen MR) is 104 cm³/mol. The molecule has 1 aromatic heterocycles. The highest BCUT2D eigenvalue weighted by Crippen LogP contribution is 2.37. The van der Waals surface area contributed by atoms with Gasteiger partial charge in [-0.2, -0.15) is 5.10 Å². The SMILES string of the molecule is CCn1ncc(C(=O)N2CC3(CC(N(C)Cc4ccccc4)CO3)C2)c1C. The molecule has 2 fully saturated rings. The maximum Gasteiger partial charge on any atom is 0.257 e. The average Bonchev–Trinajstić information content (AvgIpc) is 3.25. The number of amides is 1. The van der Waals surface area contributed by atoms with Gasteiger partial charge in [-0.05, 0) is 32.9 Å². The molecule has 2 saturated heterocycles. The van der Waals surface area contributed by atoms with Crippen LogP contribution in [-0.4, -0.2) is 63.9 Å². The van der Waals surface area contributed by atoms with Crippen molar-refractivity contribution < 1.29 is 9.53 Å². The Bertz CT molecular complexity index is 811. The topological polar surface area (TPSA) is 50.6 Å². The summed E-state index contributed by atoms with van der Waals surface area (Å²) in [6.07, 6.45) is 2.67. The smallest absolute Gasteiger partial charge is 0.257 e. The van der Waals surface area contributed by atoms with Crippen molar-refractivity contribution in [3.05, 3.63) is 53.3 Å². The summed E-state index contributed by atoms with van der Waals surface area (Å²) in [7, 11) is 2.16. The number of nitrogens with zero attached hydrogens (tertiary/aromatic N) is 4. The lowest BCUT2D eigenvalue weighted by Crippen LogP contribution is -2.63. The van der Waals surface area contributed by atoms with Gasteiger partial charge in [-0.3, -0.25) is 14.4 Å². The Morgan fingerprint density at radius 1 is 1.33 bits per heavy atom. The molecule has 2 aromatic rings. The molecule has 4 rings (SSSR count). The van der Waals surface area contributed by atoms with Crippen LogP contribution in [0.15, 0.2) is 36.5 Å². The van der Waals surface area contributed by atoms with Crippen LogP contribution in [-0.2, 0) is 17.8 Å². The first-order valence-corrected chi connectivity index (χ1v) is 9.71. The first-order valence-electron chi connectivity index (χ1n) is 9.71. The van der Waals surface area contributed by atoms with Crippen LogP contribution in [0.3, 0.4) is 0 Å². The maximum atomic E-state index is 12.8. The molecule has 1 amide bonds. The van der Waals surface area contributed by atoms with Gasteiger partial charge in [0, 0.05) is 24.8 Å². The van der Waals surface area contributed by atoms with Crippen LogP contribution < -0.4 is 0 Å². The molecule has 6 heteroatoms. The highest BCUT2D eigenvalue weighted by atomic mass is 16.5. The lowest BCUT2D eigenvalue weighted by Gasteiger charge is -2.47. The van der Waals surface area contributed by atoms with Crippen LogP contribution in [0.4, 0.5) is 0 Å². The van der Waals surface area contributed by atoms with Gasteiger partial charge in [0.25, 0.3) is 5.91 Å². The second kappa shape index (κ2) is 7.09. The molecule has 1 aromatic carbocycles. The quantitative estimate of drug-likeness (QED) is 0.813. The molecule has 6 nitrogen and oxygen atoms in total. The van der Waals surface area contributed by atoms with Gasteiger partial charge < -0.3 is 9.64 Å². The minimum atomic E-state index is -0.167. The Labute approximate surface area is 160 Å². The fourth-order valence-electron chi connectivity index (χ4n) is 4.26. The number of benzene rings is 1. The van der Waals surface area contributed by atoms with Gasteiger partial charge in [-0.15, -0.1) is 0 Å². The number of hydrogen-bond donors (Lipinski definition) is 0. The number of likely N-dealkylation sites (N-methyl/N-ethyl adjacent to an activating group) is 1. The number of aryl methyl sites for hydroxylation is 1. The van der Waals surface area contributed by atoms with Crippen molar-refractivity contribution in [3.8, 4) is 0 Å². The van der Waals surface area contributed by atoms with E-state index in [9.17, 15) is 4.79 Å². The Morgan fingerprint density at radius 3 is 2.74 bits per heavy atom. The molecule has 0 saturated carbocycles. The standard InChI is InChI=1S/C21H28N4O2/c1-4-25-16(2)19(11-22-25)20(26)24-14-21(15-24)10-18(13-27-21)23(3)12-17-8-6-5-7-9-17/h5-9,11,18H,4,10,12-15H2,1-3H3. The summed E-state index contributed by atoms with van der Waals surface area (Å²) in [6.45, 7) is 7.78. The number of carbonyl (C=O) groups excluding carboxylic acids is 1. The van der Waals surface area contributed by atoms with Gasteiger partial charge in [0.15, 0.2) is 0 Å². The number of aromatic nitrogens is 2. The lowest BCUT2D eigenvalue weighted by molar-refractivity contribution is -0.0951. The minimum absolute atomic E-state index is 0.0718. The molecule has 0 bridgehead atoms. The first-order chi connectivity index (χ1) is 13.0. The largest absolute Gasteiger partial charge is 0.370 e. The third-order valence-electron chi connectivity index (χ3n) is 5.97. The van der Waals surface area contributed by atoms with E-state index in [0.29, 0.717) is 24.7 Å². The van der Waals surface area contributed by atoms with E-state index in [1.807, 2.05) is 29.5 Å². The third-order valence-corrected chi connectivity index (χ3v) is 5.97. The van der Waals surface area contributed by atoms with E-state index in [-0.39, 0.29) is 11.5 Å². The van der Waals surface area contributed by atoms with E-state index in [4.69, 9.17) is 4.74 Å². The van der Waals surface area contributed by atoms with Crippen LogP contribution >= 0.6 is 0 Å². The van der Waals surface area contributed by atoms with Crippen LogP contribution in [0.5, 0.6) is 0 Å².